The number of pyridine rings is 1. The van der Waals surface area contributed by atoms with Gasteiger partial charge in [0.25, 0.3) is 0 Å². The monoisotopic (exact) mass is 491 g/mol. The van der Waals surface area contributed by atoms with E-state index in [4.69, 9.17) is 25.8 Å². The number of ether oxygens (including phenoxy) is 3. The van der Waals surface area contributed by atoms with Crippen molar-refractivity contribution in [1.29, 1.82) is 0 Å². The first-order valence-electron chi connectivity index (χ1n) is 10.1. The van der Waals surface area contributed by atoms with Crippen LogP contribution in [0.3, 0.4) is 0 Å². The first kappa shape index (κ1) is 25.1. The number of ketones is 1. The minimum atomic E-state index is -4.44. The molecule has 0 atom stereocenters. The van der Waals surface area contributed by atoms with E-state index in [1.165, 1.54) is 25.4 Å². The van der Waals surface area contributed by atoms with Crippen LogP contribution in [0.4, 0.5) is 13.2 Å². The Morgan fingerprint density at radius 2 is 1.76 bits per heavy atom. The van der Waals surface area contributed by atoms with Crippen molar-refractivity contribution >= 4 is 23.5 Å². The number of carbonyl (C=O) groups is 1. The van der Waals surface area contributed by atoms with E-state index >= 15 is 0 Å². The smallest absolute Gasteiger partial charge is 0.422 e. The van der Waals surface area contributed by atoms with Crippen molar-refractivity contribution in [1.82, 2.24) is 4.98 Å². The fraction of sp³-hybridized carbons (Fsp3) is 0.200. The molecule has 2 aromatic carbocycles. The van der Waals surface area contributed by atoms with E-state index in [1.54, 1.807) is 55.5 Å². The quantitative estimate of drug-likeness (QED) is 0.254. The third kappa shape index (κ3) is 6.99. The Labute approximate surface area is 199 Å². The van der Waals surface area contributed by atoms with Gasteiger partial charge in [0.05, 0.1) is 12.8 Å². The van der Waals surface area contributed by atoms with Crippen LogP contribution in [-0.4, -0.2) is 30.7 Å². The van der Waals surface area contributed by atoms with Gasteiger partial charge in [-0.3, -0.25) is 9.78 Å². The lowest BCUT2D eigenvalue weighted by Crippen LogP contribution is -2.20. The first-order chi connectivity index (χ1) is 16.2. The second kappa shape index (κ2) is 11.1. The molecule has 0 bridgehead atoms. The molecule has 9 heteroatoms. The van der Waals surface area contributed by atoms with Crippen LogP contribution in [0.5, 0.6) is 17.2 Å². The molecule has 1 heterocycles. The topological polar surface area (TPSA) is 57.7 Å². The summed E-state index contributed by atoms with van der Waals surface area (Å²) in [5.41, 5.74) is 2.10. The van der Waals surface area contributed by atoms with E-state index in [0.717, 1.165) is 0 Å². The van der Waals surface area contributed by atoms with Gasteiger partial charge in [-0.2, -0.15) is 13.2 Å². The zero-order valence-corrected chi connectivity index (χ0v) is 19.1. The second-order valence-corrected chi connectivity index (χ2v) is 7.62. The molecular formula is C25H21ClF3NO4. The number of hydrogen-bond acceptors (Lipinski definition) is 5. The van der Waals surface area contributed by atoms with Gasteiger partial charge in [-0.15, -0.1) is 0 Å². The normalized spacial score (nSPS) is 11.5. The average Bonchev–Trinajstić information content (AvgIpc) is 2.81. The number of carbonyl (C=O) groups excluding carboxylic acids is 1. The molecule has 0 aliphatic heterocycles. The Hall–Kier alpha value is -3.52. The summed E-state index contributed by atoms with van der Waals surface area (Å²) < 4.78 is 53.4. The van der Waals surface area contributed by atoms with Crippen molar-refractivity contribution in [3.05, 3.63) is 88.2 Å². The third-order valence-electron chi connectivity index (χ3n) is 4.76. The molecule has 5 nitrogen and oxygen atoms in total. The Kier molecular flexibility index (Phi) is 8.17. The van der Waals surface area contributed by atoms with Crippen molar-refractivity contribution in [2.24, 2.45) is 0 Å². The van der Waals surface area contributed by atoms with E-state index in [0.29, 0.717) is 38.9 Å². The SMILES string of the molecule is COc1cc(/C=C/C(=O)c2ccc(Cl)cc2)ccc1OCc1nccc(OCC(F)(F)F)c1C. The van der Waals surface area contributed by atoms with Gasteiger partial charge in [-0.1, -0.05) is 23.7 Å². The maximum atomic E-state index is 12.5. The molecule has 178 valence electrons. The second-order valence-electron chi connectivity index (χ2n) is 7.19. The number of rotatable bonds is 9. The highest BCUT2D eigenvalue weighted by Gasteiger charge is 2.28. The van der Waals surface area contributed by atoms with Gasteiger partial charge in [0.15, 0.2) is 23.9 Å². The summed E-state index contributed by atoms with van der Waals surface area (Å²) in [7, 11) is 1.48. The Balaban J connectivity index is 1.68. The highest BCUT2D eigenvalue weighted by atomic mass is 35.5. The number of methoxy groups -OCH3 is 1. The van der Waals surface area contributed by atoms with Crippen molar-refractivity contribution < 1.29 is 32.2 Å². The maximum Gasteiger partial charge on any atom is 0.422 e. The van der Waals surface area contributed by atoms with Gasteiger partial charge >= 0.3 is 6.18 Å². The van der Waals surface area contributed by atoms with Crippen LogP contribution < -0.4 is 14.2 Å². The molecule has 0 amide bonds. The van der Waals surface area contributed by atoms with Crippen LogP contribution in [0.2, 0.25) is 5.02 Å². The van der Waals surface area contributed by atoms with Crippen LogP contribution in [0.1, 0.15) is 27.2 Å². The number of aromatic nitrogens is 1. The summed E-state index contributed by atoms with van der Waals surface area (Å²) in [5, 5.41) is 0.548. The predicted octanol–water partition coefficient (Wildman–Crippen LogP) is 6.47. The summed E-state index contributed by atoms with van der Waals surface area (Å²) >= 11 is 5.84. The van der Waals surface area contributed by atoms with Gasteiger partial charge in [0.1, 0.15) is 12.4 Å². The summed E-state index contributed by atoms with van der Waals surface area (Å²) in [5.74, 6) is 0.739. The minimum absolute atomic E-state index is 0.00432. The predicted molar refractivity (Wildman–Crippen MR) is 123 cm³/mol. The number of alkyl halides is 3. The summed E-state index contributed by atoms with van der Waals surface area (Å²) in [6, 6.07) is 13.1. The Bertz CT molecular complexity index is 1180. The average molecular weight is 492 g/mol. The highest BCUT2D eigenvalue weighted by Crippen LogP contribution is 2.30. The Morgan fingerprint density at radius 3 is 2.44 bits per heavy atom. The molecule has 0 unspecified atom stereocenters. The number of halogens is 4. The lowest BCUT2D eigenvalue weighted by atomic mass is 10.1. The number of benzene rings is 2. The molecule has 0 saturated heterocycles. The first-order valence-corrected chi connectivity index (χ1v) is 10.5. The van der Waals surface area contributed by atoms with Crippen molar-refractivity contribution in [3.63, 3.8) is 0 Å². The molecule has 1 aromatic heterocycles. The maximum absolute atomic E-state index is 12.5. The number of nitrogens with zero attached hydrogens (tertiary/aromatic N) is 1. The van der Waals surface area contributed by atoms with E-state index in [9.17, 15) is 18.0 Å². The van der Waals surface area contributed by atoms with Gasteiger partial charge in [-0.05, 0) is 61.0 Å². The van der Waals surface area contributed by atoms with Crippen molar-refractivity contribution in [3.8, 4) is 17.2 Å². The highest BCUT2D eigenvalue weighted by molar-refractivity contribution is 6.30. The third-order valence-corrected chi connectivity index (χ3v) is 5.01. The molecule has 0 spiro atoms. The molecule has 34 heavy (non-hydrogen) atoms. The van der Waals surface area contributed by atoms with Crippen molar-refractivity contribution in [2.75, 3.05) is 13.7 Å². The molecule has 0 saturated carbocycles. The van der Waals surface area contributed by atoms with Gasteiger partial charge in [-0.25, -0.2) is 0 Å². The summed E-state index contributed by atoms with van der Waals surface area (Å²) in [6.45, 7) is 0.220. The van der Waals surface area contributed by atoms with E-state index < -0.39 is 12.8 Å². The number of allylic oxidation sites excluding steroid dienone is 1. The van der Waals surface area contributed by atoms with Crippen LogP contribution >= 0.6 is 11.6 Å². The molecule has 0 fully saturated rings. The van der Waals surface area contributed by atoms with Crippen LogP contribution in [-0.2, 0) is 6.61 Å². The molecule has 0 radical (unpaired) electrons. The molecular weight excluding hydrogens is 471 g/mol. The lowest BCUT2D eigenvalue weighted by Gasteiger charge is -2.15. The zero-order chi connectivity index (χ0) is 24.7. The van der Waals surface area contributed by atoms with Crippen LogP contribution in [0.25, 0.3) is 6.08 Å². The van der Waals surface area contributed by atoms with Gasteiger partial charge in [0, 0.05) is 22.3 Å². The van der Waals surface area contributed by atoms with E-state index in [-0.39, 0.29) is 18.1 Å². The molecule has 3 rings (SSSR count). The molecule has 0 N–H and O–H groups in total. The van der Waals surface area contributed by atoms with Gasteiger partial charge < -0.3 is 14.2 Å². The fourth-order valence-electron chi connectivity index (χ4n) is 2.96. The standard InChI is InChI=1S/C25H21ClF3NO4/c1-16-20(30-12-11-22(16)34-15-25(27,28)29)14-33-23-10-4-17(13-24(23)32-2)3-9-21(31)18-5-7-19(26)8-6-18/h3-13H,14-15H2,1-2H3/b9-3+. The van der Waals surface area contributed by atoms with Crippen LogP contribution in [0, 0.1) is 6.92 Å². The van der Waals surface area contributed by atoms with Gasteiger partial charge in [0.2, 0.25) is 0 Å². The number of hydrogen-bond donors (Lipinski definition) is 0. The zero-order valence-electron chi connectivity index (χ0n) is 18.4. The molecule has 3 aromatic rings. The fourth-order valence-corrected chi connectivity index (χ4v) is 3.08. The lowest BCUT2D eigenvalue weighted by molar-refractivity contribution is -0.153. The summed E-state index contributed by atoms with van der Waals surface area (Å²) in [4.78, 5) is 16.5. The minimum Gasteiger partial charge on any atom is -0.493 e. The molecule has 0 aliphatic rings. The van der Waals surface area contributed by atoms with E-state index in [1.807, 2.05) is 0 Å². The largest absolute Gasteiger partial charge is 0.493 e. The molecule has 0 aliphatic carbocycles. The summed E-state index contributed by atoms with van der Waals surface area (Å²) in [6.07, 6.45) is 0.0181. The van der Waals surface area contributed by atoms with E-state index in [2.05, 4.69) is 4.98 Å². The van der Waals surface area contributed by atoms with Crippen molar-refractivity contribution in [2.45, 2.75) is 19.7 Å². The van der Waals surface area contributed by atoms with Crippen LogP contribution in [0.15, 0.2) is 60.8 Å². The Morgan fingerprint density at radius 1 is 1.03 bits per heavy atom.